The Morgan fingerprint density at radius 3 is 2.31 bits per heavy atom. The molecule has 0 atom stereocenters. The number of amides is 2. The molecule has 2 aromatic carbocycles. The van der Waals surface area contributed by atoms with Crippen molar-refractivity contribution < 1.29 is 14.0 Å². The lowest BCUT2D eigenvalue weighted by Gasteiger charge is -2.34. The van der Waals surface area contributed by atoms with Crippen molar-refractivity contribution in [2.24, 2.45) is 0 Å². The largest absolute Gasteiger partial charge is 0.339 e. The standard InChI is InChI=1S/C22H20FN3O3/c23-18-7-5-15(6-8-18)22(29)26-11-9-25(10-12-26)20(27)14-17-13-16-3-1-2-4-19(16)24-21(17)28/h1-8,13H,9-12,14H2,(H,24,28). The van der Waals surface area contributed by atoms with E-state index in [1.807, 2.05) is 24.3 Å². The van der Waals surface area contributed by atoms with E-state index in [9.17, 15) is 18.8 Å². The van der Waals surface area contributed by atoms with E-state index >= 15 is 0 Å². The smallest absolute Gasteiger partial charge is 0.253 e. The highest BCUT2D eigenvalue weighted by Crippen LogP contribution is 2.13. The third-order valence-corrected chi connectivity index (χ3v) is 5.18. The third kappa shape index (κ3) is 4.03. The summed E-state index contributed by atoms with van der Waals surface area (Å²) in [6, 6.07) is 14.6. The van der Waals surface area contributed by atoms with Gasteiger partial charge >= 0.3 is 0 Å². The summed E-state index contributed by atoms with van der Waals surface area (Å²) >= 11 is 0. The molecule has 0 aliphatic carbocycles. The number of rotatable bonds is 3. The molecule has 6 nitrogen and oxygen atoms in total. The average molecular weight is 393 g/mol. The second kappa shape index (κ2) is 7.87. The predicted octanol–water partition coefficient (Wildman–Crippen LogP) is 2.19. The van der Waals surface area contributed by atoms with Crippen molar-refractivity contribution >= 4 is 22.7 Å². The van der Waals surface area contributed by atoms with E-state index in [0.29, 0.717) is 37.3 Å². The van der Waals surface area contributed by atoms with Crippen LogP contribution in [0.4, 0.5) is 4.39 Å². The van der Waals surface area contributed by atoms with E-state index < -0.39 is 0 Å². The summed E-state index contributed by atoms with van der Waals surface area (Å²) in [5.41, 5.74) is 1.33. The number of halogens is 1. The molecule has 2 amide bonds. The zero-order chi connectivity index (χ0) is 20.4. The second-order valence-electron chi connectivity index (χ2n) is 7.07. The molecule has 0 radical (unpaired) electrons. The molecule has 0 spiro atoms. The van der Waals surface area contributed by atoms with Crippen LogP contribution in [0.15, 0.2) is 59.4 Å². The molecule has 29 heavy (non-hydrogen) atoms. The maximum Gasteiger partial charge on any atom is 0.253 e. The van der Waals surface area contributed by atoms with Gasteiger partial charge in [-0.3, -0.25) is 14.4 Å². The summed E-state index contributed by atoms with van der Waals surface area (Å²) in [4.78, 5) is 43.6. The van der Waals surface area contributed by atoms with Crippen molar-refractivity contribution in [3.63, 3.8) is 0 Å². The lowest BCUT2D eigenvalue weighted by molar-refractivity contribution is -0.131. The Hall–Kier alpha value is -3.48. The molecule has 3 aromatic rings. The van der Waals surface area contributed by atoms with E-state index in [1.165, 1.54) is 24.3 Å². The Bertz CT molecular complexity index is 1120. The van der Waals surface area contributed by atoms with Crippen molar-refractivity contribution in [1.29, 1.82) is 0 Å². The molecule has 148 valence electrons. The minimum Gasteiger partial charge on any atom is -0.339 e. The normalized spacial score (nSPS) is 14.2. The fourth-order valence-electron chi connectivity index (χ4n) is 3.53. The van der Waals surface area contributed by atoms with E-state index in [2.05, 4.69) is 4.98 Å². The number of carbonyl (C=O) groups is 2. The molecule has 1 saturated heterocycles. The number of hydrogen-bond acceptors (Lipinski definition) is 3. The van der Waals surface area contributed by atoms with Crippen LogP contribution in [0, 0.1) is 5.82 Å². The van der Waals surface area contributed by atoms with Crippen LogP contribution in [-0.2, 0) is 11.2 Å². The minimum absolute atomic E-state index is 0.0199. The van der Waals surface area contributed by atoms with Crippen LogP contribution in [0.3, 0.4) is 0 Å². The quantitative estimate of drug-likeness (QED) is 0.741. The zero-order valence-corrected chi connectivity index (χ0v) is 15.7. The van der Waals surface area contributed by atoms with Crippen LogP contribution in [-0.4, -0.2) is 52.8 Å². The minimum atomic E-state index is -0.388. The monoisotopic (exact) mass is 393 g/mol. The summed E-state index contributed by atoms with van der Waals surface area (Å²) < 4.78 is 13.0. The molecule has 7 heteroatoms. The number of carbonyl (C=O) groups excluding carboxylic acids is 2. The zero-order valence-electron chi connectivity index (χ0n) is 15.7. The van der Waals surface area contributed by atoms with Gasteiger partial charge in [-0.25, -0.2) is 4.39 Å². The van der Waals surface area contributed by atoms with Gasteiger partial charge in [0.25, 0.3) is 11.5 Å². The summed E-state index contributed by atoms with van der Waals surface area (Å²) in [7, 11) is 0. The number of fused-ring (bicyclic) bond motifs is 1. The van der Waals surface area contributed by atoms with Gasteiger partial charge in [-0.15, -0.1) is 0 Å². The van der Waals surface area contributed by atoms with Gasteiger partial charge in [-0.2, -0.15) is 0 Å². The Labute approximate surface area is 166 Å². The SMILES string of the molecule is O=C(Cc1cc2ccccc2[nH]c1=O)N1CCN(C(=O)c2ccc(F)cc2)CC1. The third-order valence-electron chi connectivity index (χ3n) is 5.18. The first-order valence-corrected chi connectivity index (χ1v) is 9.45. The Kier molecular flexibility index (Phi) is 5.12. The maximum absolute atomic E-state index is 13.0. The van der Waals surface area contributed by atoms with Crippen LogP contribution in [0.25, 0.3) is 10.9 Å². The number of nitrogens with zero attached hydrogens (tertiary/aromatic N) is 2. The highest BCUT2D eigenvalue weighted by atomic mass is 19.1. The second-order valence-corrected chi connectivity index (χ2v) is 7.07. The van der Waals surface area contributed by atoms with Crippen molar-refractivity contribution in [2.75, 3.05) is 26.2 Å². The molecule has 0 unspecified atom stereocenters. The molecule has 2 heterocycles. The van der Waals surface area contributed by atoms with E-state index in [0.717, 1.165) is 10.9 Å². The Morgan fingerprint density at radius 1 is 0.931 bits per heavy atom. The fourth-order valence-corrected chi connectivity index (χ4v) is 3.53. The molecule has 1 aromatic heterocycles. The molecular weight excluding hydrogens is 373 g/mol. The van der Waals surface area contributed by atoms with Crippen LogP contribution < -0.4 is 5.56 Å². The number of piperazine rings is 1. The first kappa shape index (κ1) is 18.9. The van der Waals surface area contributed by atoms with Gasteiger partial charge in [0.15, 0.2) is 0 Å². The lowest BCUT2D eigenvalue weighted by atomic mass is 10.1. The van der Waals surface area contributed by atoms with Crippen molar-refractivity contribution in [3.8, 4) is 0 Å². The fraction of sp³-hybridized carbons (Fsp3) is 0.227. The van der Waals surface area contributed by atoms with Crippen molar-refractivity contribution in [2.45, 2.75) is 6.42 Å². The molecule has 1 aliphatic heterocycles. The first-order chi connectivity index (χ1) is 14.0. The van der Waals surface area contributed by atoms with Crippen LogP contribution in [0.2, 0.25) is 0 Å². The van der Waals surface area contributed by atoms with Crippen LogP contribution >= 0.6 is 0 Å². The van der Waals surface area contributed by atoms with Crippen molar-refractivity contribution in [1.82, 2.24) is 14.8 Å². The number of pyridine rings is 1. The highest BCUT2D eigenvalue weighted by Gasteiger charge is 2.25. The molecular formula is C22H20FN3O3. The van der Waals surface area contributed by atoms with Gasteiger partial charge < -0.3 is 14.8 Å². The first-order valence-electron chi connectivity index (χ1n) is 9.45. The number of aromatic nitrogens is 1. The highest BCUT2D eigenvalue weighted by molar-refractivity contribution is 5.94. The number of hydrogen-bond donors (Lipinski definition) is 1. The number of H-pyrrole nitrogens is 1. The Balaban J connectivity index is 1.39. The van der Waals surface area contributed by atoms with Gasteiger partial charge in [-0.1, -0.05) is 18.2 Å². The molecule has 4 rings (SSSR count). The molecule has 1 fully saturated rings. The maximum atomic E-state index is 13.0. The summed E-state index contributed by atoms with van der Waals surface area (Å²) in [5.74, 6) is -0.705. The molecule has 0 bridgehead atoms. The molecule has 1 N–H and O–H groups in total. The number of para-hydroxylation sites is 1. The van der Waals surface area contributed by atoms with Crippen molar-refractivity contribution in [3.05, 3.63) is 81.9 Å². The summed E-state index contributed by atoms with van der Waals surface area (Å²) in [6.45, 7) is 1.60. The van der Waals surface area contributed by atoms with Gasteiger partial charge in [0, 0.05) is 42.8 Å². The van der Waals surface area contributed by atoms with Gasteiger partial charge in [0.05, 0.1) is 6.42 Å². The van der Waals surface area contributed by atoms with Crippen LogP contribution in [0.1, 0.15) is 15.9 Å². The van der Waals surface area contributed by atoms with Gasteiger partial charge in [0.2, 0.25) is 5.91 Å². The van der Waals surface area contributed by atoms with E-state index in [-0.39, 0.29) is 29.6 Å². The van der Waals surface area contributed by atoms with Crippen LogP contribution in [0.5, 0.6) is 0 Å². The lowest BCUT2D eigenvalue weighted by Crippen LogP contribution is -2.51. The van der Waals surface area contributed by atoms with E-state index in [1.54, 1.807) is 15.9 Å². The Morgan fingerprint density at radius 2 is 1.59 bits per heavy atom. The molecule has 0 saturated carbocycles. The van der Waals surface area contributed by atoms with Gasteiger partial charge in [-0.05, 0) is 41.8 Å². The molecule has 1 aliphatic rings. The number of aromatic amines is 1. The summed E-state index contributed by atoms with van der Waals surface area (Å²) in [5, 5.41) is 0.879. The average Bonchev–Trinajstić information content (AvgIpc) is 2.74. The summed E-state index contributed by atoms with van der Waals surface area (Å²) in [6.07, 6.45) is 0.0199. The van der Waals surface area contributed by atoms with Gasteiger partial charge in [0.1, 0.15) is 5.82 Å². The van der Waals surface area contributed by atoms with E-state index in [4.69, 9.17) is 0 Å². The number of nitrogens with one attached hydrogen (secondary N) is 1. The predicted molar refractivity (Wildman–Crippen MR) is 107 cm³/mol. The number of benzene rings is 2. The topological polar surface area (TPSA) is 73.5 Å².